The highest BCUT2D eigenvalue weighted by Gasteiger charge is 2.25. The molecule has 0 bridgehead atoms. The molecule has 2 rings (SSSR count). The van der Waals surface area contributed by atoms with Crippen molar-refractivity contribution in [2.45, 2.75) is 19.4 Å². The fourth-order valence-corrected chi connectivity index (χ4v) is 1.95. The Hall–Kier alpha value is -0.860. The van der Waals surface area contributed by atoms with Crippen LogP contribution >= 0.6 is 0 Å². The second-order valence-electron chi connectivity index (χ2n) is 4.09. The van der Waals surface area contributed by atoms with Crippen LogP contribution in [0.25, 0.3) is 0 Å². The highest BCUT2D eigenvalue weighted by Crippen LogP contribution is 2.19. The standard InChI is InChI=1S/C12H17NO/c1-9-4-2-3-5-10(9)6-11-7-14-8-12(11)13/h2-5,11-12H,6-8,13H2,1H3. The number of aryl methyl sites for hydroxylation is 1. The molecule has 2 unspecified atom stereocenters. The van der Waals surface area contributed by atoms with Crippen molar-refractivity contribution >= 4 is 0 Å². The van der Waals surface area contributed by atoms with Gasteiger partial charge in [0.15, 0.2) is 0 Å². The van der Waals surface area contributed by atoms with Crippen LogP contribution in [-0.2, 0) is 11.2 Å². The van der Waals surface area contributed by atoms with Gasteiger partial charge in [0.2, 0.25) is 0 Å². The van der Waals surface area contributed by atoms with Crippen LogP contribution in [0, 0.1) is 12.8 Å². The second-order valence-corrected chi connectivity index (χ2v) is 4.09. The highest BCUT2D eigenvalue weighted by atomic mass is 16.5. The first-order valence-corrected chi connectivity index (χ1v) is 5.15. The number of hydrogen-bond acceptors (Lipinski definition) is 2. The number of benzene rings is 1. The fraction of sp³-hybridized carbons (Fsp3) is 0.500. The first-order chi connectivity index (χ1) is 6.77. The monoisotopic (exact) mass is 191 g/mol. The minimum absolute atomic E-state index is 0.217. The zero-order chi connectivity index (χ0) is 9.97. The molecular formula is C12H17NO. The summed E-state index contributed by atoms with van der Waals surface area (Å²) in [5.74, 6) is 0.496. The Morgan fingerprint density at radius 2 is 2.14 bits per heavy atom. The maximum absolute atomic E-state index is 5.95. The third-order valence-electron chi connectivity index (χ3n) is 2.99. The van der Waals surface area contributed by atoms with Crippen LogP contribution in [0.15, 0.2) is 24.3 Å². The Kier molecular flexibility index (Phi) is 2.85. The number of rotatable bonds is 2. The molecule has 0 radical (unpaired) electrons. The first kappa shape index (κ1) is 9.69. The van der Waals surface area contributed by atoms with E-state index in [0.29, 0.717) is 5.92 Å². The maximum Gasteiger partial charge on any atom is 0.0621 e. The molecule has 1 heterocycles. The average molecular weight is 191 g/mol. The van der Waals surface area contributed by atoms with E-state index in [-0.39, 0.29) is 6.04 Å². The van der Waals surface area contributed by atoms with Crippen LogP contribution in [0.4, 0.5) is 0 Å². The van der Waals surface area contributed by atoms with Gasteiger partial charge in [-0.2, -0.15) is 0 Å². The van der Waals surface area contributed by atoms with E-state index in [2.05, 4.69) is 31.2 Å². The minimum atomic E-state index is 0.217. The van der Waals surface area contributed by atoms with Gasteiger partial charge in [-0.15, -0.1) is 0 Å². The Morgan fingerprint density at radius 3 is 2.79 bits per heavy atom. The van der Waals surface area contributed by atoms with E-state index in [1.807, 2.05) is 0 Å². The summed E-state index contributed by atoms with van der Waals surface area (Å²) in [7, 11) is 0. The van der Waals surface area contributed by atoms with Gasteiger partial charge in [-0.3, -0.25) is 0 Å². The molecule has 2 N–H and O–H groups in total. The lowest BCUT2D eigenvalue weighted by molar-refractivity contribution is 0.184. The molecule has 1 aromatic carbocycles. The van der Waals surface area contributed by atoms with Crippen molar-refractivity contribution in [3.8, 4) is 0 Å². The van der Waals surface area contributed by atoms with Gasteiger partial charge in [-0.05, 0) is 24.5 Å². The van der Waals surface area contributed by atoms with Crippen LogP contribution in [-0.4, -0.2) is 19.3 Å². The summed E-state index contributed by atoms with van der Waals surface area (Å²) in [4.78, 5) is 0. The third kappa shape index (κ3) is 1.97. The largest absolute Gasteiger partial charge is 0.379 e. The molecular weight excluding hydrogens is 174 g/mol. The average Bonchev–Trinajstić information content (AvgIpc) is 2.56. The van der Waals surface area contributed by atoms with Crippen LogP contribution in [0.2, 0.25) is 0 Å². The molecule has 0 aromatic heterocycles. The van der Waals surface area contributed by atoms with Gasteiger partial charge in [0.25, 0.3) is 0 Å². The van der Waals surface area contributed by atoms with Crippen molar-refractivity contribution in [3.05, 3.63) is 35.4 Å². The van der Waals surface area contributed by atoms with Crippen molar-refractivity contribution in [2.24, 2.45) is 11.7 Å². The Balaban J connectivity index is 2.07. The van der Waals surface area contributed by atoms with E-state index in [1.54, 1.807) is 0 Å². The number of ether oxygens (including phenoxy) is 1. The molecule has 0 saturated carbocycles. The van der Waals surface area contributed by atoms with Gasteiger partial charge in [0, 0.05) is 12.0 Å². The topological polar surface area (TPSA) is 35.2 Å². The van der Waals surface area contributed by atoms with Crippen molar-refractivity contribution in [1.29, 1.82) is 0 Å². The molecule has 2 heteroatoms. The lowest BCUT2D eigenvalue weighted by atomic mass is 9.93. The van der Waals surface area contributed by atoms with E-state index >= 15 is 0 Å². The van der Waals surface area contributed by atoms with E-state index in [0.717, 1.165) is 19.6 Å². The summed E-state index contributed by atoms with van der Waals surface area (Å²) in [6.07, 6.45) is 1.05. The normalized spacial score (nSPS) is 26.7. The molecule has 1 aliphatic heterocycles. The summed E-state index contributed by atoms with van der Waals surface area (Å²) >= 11 is 0. The predicted octanol–water partition coefficient (Wildman–Crippen LogP) is 1.51. The second kappa shape index (κ2) is 4.11. The maximum atomic E-state index is 5.95. The summed E-state index contributed by atoms with van der Waals surface area (Å²) < 4.78 is 5.36. The van der Waals surface area contributed by atoms with E-state index in [4.69, 9.17) is 10.5 Å². The minimum Gasteiger partial charge on any atom is -0.379 e. The fourth-order valence-electron chi connectivity index (χ4n) is 1.95. The summed E-state index contributed by atoms with van der Waals surface area (Å²) in [5, 5.41) is 0. The van der Waals surface area contributed by atoms with Gasteiger partial charge in [-0.1, -0.05) is 24.3 Å². The lowest BCUT2D eigenvalue weighted by Crippen LogP contribution is -2.29. The molecule has 1 aliphatic rings. The van der Waals surface area contributed by atoms with E-state index < -0.39 is 0 Å². The quantitative estimate of drug-likeness (QED) is 0.769. The van der Waals surface area contributed by atoms with Gasteiger partial charge in [0.05, 0.1) is 13.2 Å². The molecule has 0 amide bonds. The number of hydrogen-bond donors (Lipinski definition) is 1. The smallest absolute Gasteiger partial charge is 0.0621 e. The van der Waals surface area contributed by atoms with Crippen molar-refractivity contribution in [3.63, 3.8) is 0 Å². The van der Waals surface area contributed by atoms with Gasteiger partial charge in [-0.25, -0.2) is 0 Å². The number of nitrogens with two attached hydrogens (primary N) is 1. The van der Waals surface area contributed by atoms with Gasteiger partial charge >= 0.3 is 0 Å². The van der Waals surface area contributed by atoms with Gasteiger partial charge in [0.1, 0.15) is 0 Å². The third-order valence-corrected chi connectivity index (χ3v) is 2.99. The van der Waals surface area contributed by atoms with Crippen LogP contribution < -0.4 is 5.73 Å². The summed E-state index contributed by atoms with van der Waals surface area (Å²) in [6.45, 7) is 3.68. The lowest BCUT2D eigenvalue weighted by Gasteiger charge is -2.14. The first-order valence-electron chi connectivity index (χ1n) is 5.15. The van der Waals surface area contributed by atoms with Gasteiger partial charge < -0.3 is 10.5 Å². The van der Waals surface area contributed by atoms with E-state index in [9.17, 15) is 0 Å². The van der Waals surface area contributed by atoms with Crippen molar-refractivity contribution in [1.82, 2.24) is 0 Å². The predicted molar refractivity (Wildman–Crippen MR) is 57.2 cm³/mol. The zero-order valence-corrected chi connectivity index (χ0v) is 8.57. The SMILES string of the molecule is Cc1ccccc1CC1COCC1N. The Morgan fingerprint density at radius 1 is 1.36 bits per heavy atom. The molecule has 2 nitrogen and oxygen atoms in total. The van der Waals surface area contributed by atoms with Crippen LogP contribution in [0.5, 0.6) is 0 Å². The molecule has 0 aliphatic carbocycles. The zero-order valence-electron chi connectivity index (χ0n) is 8.57. The summed E-state index contributed by atoms with van der Waals surface area (Å²) in [6, 6.07) is 8.71. The van der Waals surface area contributed by atoms with Crippen molar-refractivity contribution in [2.75, 3.05) is 13.2 Å². The van der Waals surface area contributed by atoms with Crippen LogP contribution in [0.1, 0.15) is 11.1 Å². The molecule has 1 fully saturated rings. The van der Waals surface area contributed by atoms with Crippen molar-refractivity contribution < 1.29 is 4.74 Å². The molecule has 14 heavy (non-hydrogen) atoms. The molecule has 76 valence electrons. The molecule has 1 saturated heterocycles. The highest BCUT2D eigenvalue weighted by molar-refractivity contribution is 5.26. The van der Waals surface area contributed by atoms with Crippen LogP contribution in [0.3, 0.4) is 0 Å². The molecule has 2 atom stereocenters. The molecule has 1 aromatic rings. The van der Waals surface area contributed by atoms with E-state index in [1.165, 1.54) is 11.1 Å². The Bertz CT molecular complexity index is 311. The summed E-state index contributed by atoms with van der Waals surface area (Å²) in [5.41, 5.74) is 8.71. The molecule has 0 spiro atoms. The Labute approximate surface area is 85.1 Å².